The molecule has 2 heterocycles. The van der Waals surface area contributed by atoms with Crippen molar-refractivity contribution < 1.29 is 9.59 Å². The number of carbonyl (C=O) groups is 2. The predicted molar refractivity (Wildman–Crippen MR) is 92.4 cm³/mol. The van der Waals surface area contributed by atoms with Crippen molar-refractivity contribution in [2.45, 2.75) is 32.1 Å². The van der Waals surface area contributed by atoms with Crippen LogP contribution in [-0.2, 0) is 4.79 Å². The quantitative estimate of drug-likeness (QED) is 0.802. The van der Waals surface area contributed by atoms with Crippen LogP contribution in [0.1, 0.15) is 42.5 Å². The van der Waals surface area contributed by atoms with Crippen molar-refractivity contribution in [1.29, 1.82) is 0 Å². The monoisotopic (exact) mass is 327 g/mol. The van der Waals surface area contributed by atoms with Crippen LogP contribution in [-0.4, -0.2) is 52.8 Å². The van der Waals surface area contributed by atoms with Crippen LogP contribution in [0.4, 0.5) is 0 Å². The van der Waals surface area contributed by atoms with E-state index in [0.29, 0.717) is 37.7 Å². The average molecular weight is 327 g/mol. The molecule has 5 nitrogen and oxygen atoms in total. The molecule has 0 bridgehead atoms. The zero-order valence-electron chi connectivity index (χ0n) is 14.1. The molecule has 0 atom stereocenters. The molecule has 1 aromatic heterocycles. The normalized spacial score (nSPS) is 19.7. The summed E-state index contributed by atoms with van der Waals surface area (Å²) in [7, 11) is 0. The number of rotatable bonds is 3. The smallest absolute Gasteiger partial charge is 0.255 e. The molecule has 128 valence electrons. The summed E-state index contributed by atoms with van der Waals surface area (Å²) in [5, 5.41) is 0. The lowest BCUT2D eigenvalue weighted by Gasteiger charge is -2.21. The number of allylic oxidation sites excluding steroid dienone is 1. The Morgan fingerprint density at radius 3 is 2.54 bits per heavy atom. The molecule has 2 fully saturated rings. The second kappa shape index (κ2) is 8.08. The Morgan fingerprint density at radius 2 is 1.79 bits per heavy atom. The van der Waals surface area contributed by atoms with E-state index < -0.39 is 0 Å². The zero-order chi connectivity index (χ0) is 16.8. The van der Waals surface area contributed by atoms with Gasteiger partial charge in [0.25, 0.3) is 5.91 Å². The SMILES string of the molecule is O=C(/C=C/C1CCCC1)N1CCCN(C(=O)c2cccnc2)CC1. The van der Waals surface area contributed by atoms with Crippen LogP contribution in [0.5, 0.6) is 0 Å². The number of hydrogen-bond acceptors (Lipinski definition) is 3. The second-order valence-corrected chi connectivity index (χ2v) is 6.62. The Bertz CT molecular complexity index is 594. The van der Waals surface area contributed by atoms with Gasteiger partial charge < -0.3 is 9.80 Å². The maximum atomic E-state index is 12.5. The van der Waals surface area contributed by atoms with Gasteiger partial charge in [-0.15, -0.1) is 0 Å². The van der Waals surface area contributed by atoms with Crippen LogP contribution >= 0.6 is 0 Å². The number of hydrogen-bond donors (Lipinski definition) is 0. The first-order valence-corrected chi connectivity index (χ1v) is 8.90. The molecule has 1 saturated carbocycles. The summed E-state index contributed by atoms with van der Waals surface area (Å²) in [6, 6.07) is 3.56. The minimum absolute atomic E-state index is 0.00102. The summed E-state index contributed by atoms with van der Waals surface area (Å²) in [6.45, 7) is 2.57. The third kappa shape index (κ3) is 4.22. The van der Waals surface area contributed by atoms with E-state index >= 15 is 0 Å². The van der Waals surface area contributed by atoms with Gasteiger partial charge in [0.05, 0.1) is 5.56 Å². The first-order valence-electron chi connectivity index (χ1n) is 8.90. The third-order valence-electron chi connectivity index (χ3n) is 4.91. The molecule has 0 radical (unpaired) electrons. The van der Waals surface area contributed by atoms with Gasteiger partial charge in [0, 0.05) is 38.6 Å². The van der Waals surface area contributed by atoms with E-state index in [9.17, 15) is 9.59 Å². The van der Waals surface area contributed by atoms with Crippen molar-refractivity contribution in [1.82, 2.24) is 14.8 Å². The number of pyridine rings is 1. The van der Waals surface area contributed by atoms with Crippen LogP contribution in [0.3, 0.4) is 0 Å². The molecule has 1 aromatic rings. The minimum atomic E-state index is -0.00102. The van der Waals surface area contributed by atoms with Gasteiger partial charge in [0.2, 0.25) is 5.91 Å². The molecule has 1 aliphatic carbocycles. The third-order valence-corrected chi connectivity index (χ3v) is 4.91. The van der Waals surface area contributed by atoms with Crippen molar-refractivity contribution in [3.8, 4) is 0 Å². The minimum Gasteiger partial charge on any atom is -0.337 e. The van der Waals surface area contributed by atoms with E-state index in [4.69, 9.17) is 0 Å². The molecule has 24 heavy (non-hydrogen) atoms. The van der Waals surface area contributed by atoms with Crippen LogP contribution in [0, 0.1) is 5.92 Å². The number of amides is 2. The van der Waals surface area contributed by atoms with Gasteiger partial charge in [-0.25, -0.2) is 0 Å². The van der Waals surface area contributed by atoms with E-state index in [1.807, 2.05) is 9.80 Å². The van der Waals surface area contributed by atoms with Crippen LogP contribution in [0.2, 0.25) is 0 Å². The van der Waals surface area contributed by atoms with Crippen molar-refractivity contribution in [3.05, 3.63) is 42.2 Å². The Morgan fingerprint density at radius 1 is 1.04 bits per heavy atom. The molecule has 3 rings (SSSR count). The maximum absolute atomic E-state index is 12.5. The largest absolute Gasteiger partial charge is 0.337 e. The zero-order valence-corrected chi connectivity index (χ0v) is 14.1. The highest BCUT2D eigenvalue weighted by molar-refractivity contribution is 5.94. The summed E-state index contributed by atoms with van der Waals surface area (Å²) in [5.41, 5.74) is 0.610. The topological polar surface area (TPSA) is 53.5 Å². The Hall–Kier alpha value is -2.17. The van der Waals surface area contributed by atoms with Crippen molar-refractivity contribution >= 4 is 11.8 Å². The molecule has 1 saturated heterocycles. The molecule has 5 heteroatoms. The summed E-state index contributed by atoms with van der Waals surface area (Å²) >= 11 is 0. The van der Waals surface area contributed by atoms with Crippen molar-refractivity contribution in [3.63, 3.8) is 0 Å². The number of aromatic nitrogens is 1. The molecular formula is C19H25N3O2. The summed E-state index contributed by atoms with van der Waals surface area (Å²) in [4.78, 5) is 32.6. The van der Waals surface area contributed by atoms with Crippen LogP contribution in [0.15, 0.2) is 36.7 Å². The van der Waals surface area contributed by atoms with Gasteiger partial charge >= 0.3 is 0 Å². The van der Waals surface area contributed by atoms with E-state index in [1.54, 1.807) is 30.6 Å². The van der Waals surface area contributed by atoms with Crippen molar-refractivity contribution in [2.75, 3.05) is 26.2 Å². The van der Waals surface area contributed by atoms with E-state index in [1.165, 1.54) is 25.7 Å². The Labute approximate surface area is 143 Å². The van der Waals surface area contributed by atoms with Gasteiger partial charge in [-0.05, 0) is 43.4 Å². The molecule has 0 aromatic carbocycles. The highest BCUT2D eigenvalue weighted by Gasteiger charge is 2.22. The van der Waals surface area contributed by atoms with Crippen LogP contribution < -0.4 is 0 Å². The predicted octanol–water partition coefficient (Wildman–Crippen LogP) is 2.50. The highest BCUT2D eigenvalue weighted by atomic mass is 16.2. The van der Waals surface area contributed by atoms with E-state index in [2.05, 4.69) is 11.1 Å². The lowest BCUT2D eigenvalue weighted by Crippen LogP contribution is -2.36. The first kappa shape index (κ1) is 16.7. The summed E-state index contributed by atoms with van der Waals surface area (Å²) in [6.07, 6.45) is 12.9. The fourth-order valence-corrected chi connectivity index (χ4v) is 3.49. The van der Waals surface area contributed by atoms with E-state index in [0.717, 1.165) is 6.42 Å². The lowest BCUT2D eigenvalue weighted by atomic mass is 10.1. The fourth-order valence-electron chi connectivity index (χ4n) is 3.49. The Kier molecular flexibility index (Phi) is 5.62. The van der Waals surface area contributed by atoms with Gasteiger partial charge in [0.15, 0.2) is 0 Å². The summed E-state index contributed by atoms with van der Waals surface area (Å²) in [5.74, 6) is 0.654. The number of nitrogens with zero attached hydrogens (tertiary/aromatic N) is 3. The fraction of sp³-hybridized carbons (Fsp3) is 0.526. The van der Waals surface area contributed by atoms with Gasteiger partial charge in [-0.2, -0.15) is 0 Å². The first-order chi connectivity index (χ1) is 11.7. The molecule has 2 amide bonds. The summed E-state index contributed by atoms with van der Waals surface area (Å²) < 4.78 is 0. The standard InChI is InChI=1S/C19H25N3O2/c23-18(9-8-16-5-1-2-6-16)21-11-4-12-22(14-13-21)19(24)17-7-3-10-20-15-17/h3,7-10,15-16H,1-2,4-6,11-14H2/b9-8+. The van der Waals surface area contributed by atoms with Crippen LogP contribution in [0.25, 0.3) is 0 Å². The Balaban J connectivity index is 1.54. The number of carbonyl (C=O) groups excluding carboxylic acids is 2. The molecule has 1 aliphatic heterocycles. The van der Waals surface area contributed by atoms with Crippen molar-refractivity contribution in [2.24, 2.45) is 5.92 Å². The molecular weight excluding hydrogens is 302 g/mol. The van der Waals surface area contributed by atoms with Gasteiger partial charge in [-0.3, -0.25) is 14.6 Å². The lowest BCUT2D eigenvalue weighted by molar-refractivity contribution is -0.125. The molecule has 0 N–H and O–H groups in total. The van der Waals surface area contributed by atoms with Gasteiger partial charge in [-0.1, -0.05) is 18.9 Å². The maximum Gasteiger partial charge on any atom is 0.255 e. The second-order valence-electron chi connectivity index (χ2n) is 6.62. The average Bonchev–Trinajstić information content (AvgIpc) is 3.02. The van der Waals surface area contributed by atoms with E-state index in [-0.39, 0.29) is 11.8 Å². The molecule has 2 aliphatic rings. The molecule has 0 unspecified atom stereocenters. The highest BCUT2D eigenvalue weighted by Crippen LogP contribution is 2.25. The van der Waals surface area contributed by atoms with Gasteiger partial charge in [0.1, 0.15) is 0 Å². The molecule has 0 spiro atoms.